The largest absolute Gasteiger partial charge is 0.397 e. The highest BCUT2D eigenvalue weighted by molar-refractivity contribution is 5.44. The molecule has 22 heavy (non-hydrogen) atoms. The minimum atomic E-state index is 0.250. The Morgan fingerprint density at radius 1 is 0.682 bits per heavy atom. The minimum absolute atomic E-state index is 0.250. The van der Waals surface area contributed by atoms with Gasteiger partial charge in [-0.2, -0.15) is 0 Å². The Morgan fingerprint density at radius 2 is 0.909 bits per heavy atom. The molecule has 3 N–H and O–H groups in total. The van der Waals surface area contributed by atoms with Gasteiger partial charge in [0.05, 0.1) is 0 Å². The molecule has 0 aliphatic carbocycles. The number of allylic oxidation sites excluding steroid dienone is 2. The molecular formula is C18H44O4. The minimum Gasteiger partial charge on any atom is -0.397 e. The van der Waals surface area contributed by atoms with Gasteiger partial charge < -0.3 is 20.1 Å². The number of hydrogen-bond acceptors (Lipinski definition) is 4. The van der Waals surface area contributed by atoms with Crippen molar-refractivity contribution in [2.75, 3.05) is 19.8 Å². The Kier molecular flexibility index (Phi) is 149. The van der Waals surface area contributed by atoms with Crippen LogP contribution in [0, 0.1) is 0 Å². The summed E-state index contributed by atoms with van der Waals surface area (Å²) in [6.45, 7) is 16.1. The first-order valence-corrected chi connectivity index (χ1v) is 8.29. The molecular weight excluding hydrogens is 280 g/mol. The number of aliphatic hydroxyl groups excluding tert-OH is 3. The van der Waals surface area contributed by atoms with E-state index in [2.05, 4.69) is 20.8 Å². The summed E-state index contributed by atoms with van der Waals surface area (Å²) < 4.78 is 0. The highest BCUT2D eigenvalue weighted by Crippen LogP contribution is 1.79. The molecule has 0 saturated carbocycles. The van der Waals surface area contributed by atoms with Gasteiger partial charge in [-0.3, -0.25) is 0 Å². The standard InChI is InChI=1S/C4H10O.C4H10.C4H8.2C2H6O.C2H4O/c1-2-3-4-5;2*1-3-4-2;3*1-2-3/h5H,2-4H2,1H3;3-4H2,1-2H3;3-4H,1-2H3;2*3H,2H2,1H3;2H,1H3/b;;4-3+;;;. The van der Waals surface area contributed by atoms with E-state index in [0.29, 0.717) is 6.61 Å². The molecule has 4 nitrogen and oxygen atoms in total. The molecule has 0 saturated heterocycles. The first kappa shape index (κ1) is 37.5. The number of hydrogen-bond donors (Lipinski definition) is 3. The maximum absolute atomic E-state index is 8.81. The van der Waals surface area contributed by atoms with Gasteiger partial charge >= 0.3 is 0 Å². The fraction of sp³-hybridized carbons (Fsp3) is 0.833. The highest BCUT2D eigenvalue weighted by atomic mass is 16.3. The van der Waals surface area contributed by atoms with Crippen molar-refractivity contribution >= 4 is 6.29 Å². The van der Waals surface area contributed by atoms with Crippen LogP contribution >= 0.6 is 0 Å². The van der Waals surface area contributed by atoms with Crippen molar-refractivity contribution in [3.8, 4) is 0 Å². The SMILES string of the molecule is C/C=C/C.CC=O.CCCC.CCCCO.CCO.CCO. The van der Waals surface area contributed by atoms with Gasteiger partial charge in [0.2, 0.25) is 0 Å². The number of aldehydes is 1. The molecule has 140 valence electrons. The lowest BCUT2D eigenvalue weighted by atomic mass is 10.4. The summed E-state index contributed by atoms with van der Waals surface area (Å²) in [6.07, 6.45) is 9.43. The molecule has 0 atom stereocenters. The van der Waals surface area contributed by atoms with Crippen LogP contribution in [0.4, 0.5) is 0 Å². The molecule has 0 rings (SSSR count). The molecule has 0 amide bonds. The van der Waals surface area contributed by atoms with Gasteiger partial charge in [-0.15, -0.1) is 0 Å². The van der Waals surface area contributed by atoms with E-state index >= 15 is 0 Å². The first-order valence-electron chi connectivity index (χ1n) is 8.29. The molecule has 0 heterocycles. The molecule has 4 heteroatoms. The lowest BCUT2D eigenvalue weighted by Crippen LogP contribution is -1.75. The van der Waals surface area contributed by atoms with E-state index < -0.39 is 0 Å². The van der Waals surface area contributed by atoms with Crippen LogP contribution in [0.25, 0.3) is 0 Å². The van der Waals surface area contributed by atoms with Gasteiger partial charge in [0.1, 0.15) is 6.29 Å². The summed E-state index contributed by atoms with van der Waals surface area (Å²) in [6, 6.07) is 0. The summed E-state index contributed by atoms with van der Waals surface area (Å²) in [5, 5.41) is 23.2. The predicted octanol–water partition coefficient (Wildman–Crippen LogP) is 4.37. The fourth-order valence-corrected chi connectivity index (χ4v) is 0.158. The molecule has 0 aromatic rings. The third-order valence-electron chi connectivity index (χ3n) is 1.35. The molecule has 0 fully saturated rings. The summed E-state index contributed by atoms with van der Waals surface area (Å²) in [7, 11) is 0. The van der Waals surface area contributed by atoms with E-state index in [1.54, 1.807) is 13.8 Å². The average Bonchev–Trinajstić information content (AvgIpc) is 2.51. The molecule has 0 unspecified atom stereocenters. The fourth-order valence-electron chi connectivity index (χ4n) is 0.158. The van der Waals surface area contributed by atoms with Crippen molar-refractivity contribution in [2.45, 2.75) is 81.1 Å². The van der Waals surface area contributed by atoms with E-state index in [9.17, 15) is 0 Å². The average molecular weight is 325 g/mol. The second kappa shape index (κ2) is 87.5. The molecule has 0 aromatic carbocycles. The van der Waals surface area contributed by atoms with Gasteiger partial charge in [-0.25, -0.2) is 0 Å². The quantitative estimate of drug-likeness (QED) is 0.532. The van der Waals surface area contributed by atoms with Crippen molar-refractivity contribution in [1.82, 2.24) is 0 Å². The number of carbonyl (C=O) groups is 1. The van der Waals surface area contributed by atoms with Crippen molar-refractivity contribution < 1.29 is 20.1 Å². The lowest BCUT2D eigenvalue weighted by Gasteiger charge is -1.79. The van der Waals surface area contributed by atoms with Gasteiger partial charge in [0.25, 0.3) is 0 Å². The number of unbranched alkanes of at least 4 members (excludes halogenated alkanes) is 2. The van der Waals surface area contributed by atoms with Crippen LogP contribution in [0.1, 0.15) is 81.1 Å². The lowest BCUT2D eigenvalue weighted by molar-refractivity contribution is -0.106. The second-order valence-corrected chi connectivity index (χ2v) is 3.61. The van der Waals surface area contributed by atoms with Gasteiger partial charge in [0.15, 0.2) is 0 Å². The zero-order valence-corrected chi connectivity index (χ0v) is 16.4. The van der Waals surface area contributed by atoms with Crippen LogP contribution in [0.2, 0.25) is 0 Å². The van der Waals surface area contributed by atoms with Crippen LogP contribution in [0.3, 0.4) is 0 Å². The van der Waals surface area contributed by atoms with E-state index in [-0.39, 0.29) is 13.2 Å². The second-order valence-electron chi connectivity index (χ2n) is 3.61. The predicted molar refractivity (Wildman–Crippen MR) is 100 cm³/mol. The van der Waals surface area contributed by atoms with Crippen LogP contribution < -0.4 is 0 Å². The molecule has 0 bridgehead atoms. The molecule has 0 aliphatic heterocycles. The highest BCUT2D eigenvalue weighted by Gasteiger charge is 1.69. The van der Waals surface area contributed by atoms with Crippen LogP contribution in [0.5, 0.6) is 0 Å². The Bertz CT molecular complexity index is 116. The smallest absolute Gasteiger partial charge is 0.116 e. The van der Waals surface area contributed by atoms with Gasteiger partial charge in [-0.05, 0) is 41.0 Å². The summed E-state index contributed by atoms with van der Waals surface area (Å²) in [5.74, 6) is 0. The van der Waals surface area contributed by atoms with E-state index in [4.69, 9.17) is 20.1 Å². The van der Waals surface area contributed by atoms with Gasteiger partial charge in [0, 0.05) is 19.8 Å². The molecule has 0 spiro atoms. The zero-order chi connectivity index (χ0) is 19.1. The zero-order valence-electron chi connectivity index (χ0n) is 16.4. The number of aliphatic hydroxyl groups is 3. The third-order valence-corrected chi connectivity index (χ3v) is 1.35. The van der Waals surface area contributed by atoms with E-state index in [0.717, 1.165) is 19.1 Å². The molecule has 0 radical (unpaired) electrons. The van der Waals surface area contributed by atoms with E-state index in [1.165, 1.54) is 19.8 Å². The van der Waals surface area contributed by atoms with Crippen molar-refractivity contribution in [3.63, 3.8) is 0 Å². The van der Waals surface area contributed by atoms with Crippen LogP contribution in [-0.4, -0.2) is 41.4 Å². The van der Waals surface area contributed by atoms with Crippen molar-refractivity contribution in [3.05, 3.63) is 12.2 Å². The topological polar surface area (TPSA) is 77.8 Å². The third kappa shape index (κ3) is 596. The summed E-state index contributed by atoms with van der Waals surface area (Å²) in [4.78, 5) is 8.81. The Morgan fingerprint density at radius 3 is 0.909 bits per heavy atom. The summed E-state index contributed by atoms with van der Waals surface area (Å²) in [5.41, 5.74) is 0. The number of carbonyl (C=O) groups excluding carboxylic acids is 1. The van der Waals surface area contributed by atoms with Gasteiger partial charge in [-0.1, -0.05) is 52.2 Å². The number of rotatable bonds is 3. The molecule has 0 aliphatic rings. The molecule has 0 aromatic heterocycles. The monoisotopic (exact) mass is 324 g/mol. The first-order chi connectivity index (χ1) is 10.5. The maximum Gasteiger partial charge on any atom is 0.116 e. The maximum atomic E-state index is 8.81. The normalized spacial score (nSPS) is 7.23. The Balaban J connectivity index is -0.0000000354. The Labute approximate surface area is 140 Å². The Hall–Kier alpha value is -0.710. The van der Waals surface area contributed by atoms with Crippen LogP contribution in [0.15, 0.2) is 12.2 Å². The van der Waals surface area contributed by atoms with Crippen molar-refractivity contribution in [2.24, 2.45) is 0 Å². The van der Waals surface area contributed by atoms with E-state index in [1.807, 2.05) is 26.0 Å². The van der Waals surface area contributed by atoms with Crippen molar-refractivity contribution in [1.29, 1.82) is 0 Å². The van der Waals surface area contributed by atoms with Crippen LogP contribution in [-0.2, 0) is 4.79 Å². The summed E-state index contributed by atoms with van der Waals surface area (Å²) >= 11 is 0.